The molecule has 0 aromatic heterocycles. The monoisotopic (exact) mass is 237 g/mol. The van der Waals surface area contributed by atoms with Crippen LogP contribution in [0.3, 0.4) is 0 Å². The van der Waals surface area contributed by atoms with Crippen molar-refractivity contribution >= 4 is 5.69 Å². The molecule has 0 atom stereocenters. The van der Waals surface area contributed by atoms with Gasteiger partial charge in [0.05, 0.1) is 6.10 Å². The van der Waals surface area contributed by atoms with Crippen molar-refractivity contribution in [2.24, 2.45) is 0 Å². The maximum absolute atomic E-state index is 6.04. The van der Waals surface area contributed by atoms with E-state index in [2.05, 4.69) is 6.92 Å². The highest BCUT2D eigenvalue weighted by molar-refractivity contribution is 5.62. The van der Waals surface area contributed by atoms with Gasteiger partial charge in [0.2, 0.25) is 0 Å². The zero-order valence-corrected chi connectivity index (χ0v) is 11.4. The second-order valence-electron chi connectivity index (χ2n) is 5.05. The van der Waals surface area contributed by atoms with Crippen LogP contribution in [0.5, 0.6) is 11.5 Å². The van der Waals surface area contributed by atoms with E-state index in [9.17, 15) is 0 Å². The van der Waals surface area contributed by atoms with E-state index in [1.807, 2.05) is 45.9 Å². The van der Waals surface area contributed by atoms with E-state index in [-0.39, 0.29) is 11.7 Å². The minimum Gasteiger partial charge on any atom is -0.489 e. The summed E-state index contributed by atoms with van der Waals surface area (Å²) in [6, 6.07) is 5.64. The van der Waals surface area contributed by atoms with Crippen LogP contribution < -0.4 is 15.2 Å². The summed E-state index contributed by atoms with van der Waals surface area (Å²) in [5, 5.41) is 0. The van der Waals surface area contributed by atoms with Crippen molar-refractivity contribution in [2.45, 2.75) is 52.7 Å². The molecule has 0 amide bonds. The van der Waals surface area contributed by atoms with Crippen LogP contribution in [-0.2, 0) is 0 Å². The van der Waals surface area contributed by atoms with Crippen LogP contribution >= 0.6 is 0 Å². The van der Waals surface area contributed by atoms with E-state index in [1.165, 1.54) is 0 Å². The molecule has 1 rings (SSSR count). The van der Waals surface area contributed by atoms with Crippen molar-refractivity contribution in [1.29, 1.82) is 0 Å². The van der Waals surface area contributed by atoms with Gasteiger partial charge in [0.25, 0.3) is 0 Å². The third-order valence-electron chi connectivity index (χ3n) is 2.63. The van der Waals surface area contributed by atoms with E-state index in [0.29, 0.717) is 17.2 Å². The highest BCUT2D eigenvalue weighted by Gasteiger charge is 2.19. The number of hydrogen-bond donors (Lipinski definition) is 1. The van der Waals surface area contributed by atoms with Crippen molar-refractivity contribution < 1.29 is 9.47 Å². The summed E-state index contributed by atoms with van der Waals surface area (Å²) in [4.78, 5) is 0. The number of nitrogen functional groups attached to an aromatic ring is 1. The van der Waals surface area contributed by atoms with Crippen molar-refractivity contribution in [2.75, 3.05) is 5.73 Å². The molecule has 0 unspecified atom stereocenters. The molecule has 0 aliphatic rings. The Morgan fingerprint density at radius 3 is 2.35 bits per heavy atom. The number of nitrogens with two attached hydrogens (primary N) is 1. The fraction of sp³-hybridized carbons (Fsp3) is 0.571. The molecule has 1 aromatic rings. The van der Waals surface area contributed by atoms with E-state index in [4.69, 9.17) is 15.2 Å². The van der Waals surface area contributed by atoms with E-state index < -0.39 is 0 Å². The lowest BCUT2D eigenvalue weighted by molar-refractivity contribution is 0.106. The summed E-state index contributed by atoms with van der Waals surface area (Å²) >= 11 is 0. The largest absolute Gasteiger partial charge is 0.489 e. The molecule has 0 aliphatic heterocycles. The molecule has 0 radical (unpaired) electrons. The van der Waals surface area contributed by atoms with Gasteiger partial charge in [0.1, 0.15) is 22.8 Å². The average Bonchev–Trinajstić information content (AvgIpc) is 2.23. The fourth-order valence-corrected chi connectivity index (χ4v) is 1.34. The van der Waals surface area contributed by atoms with Crippen molar-refractivity contribution in [3.8, 4) is 11.5 Å². The Labute approximate surface area is 104 Å². The fourth-order valence-electron chi connectivity index (χ4n) is 1.34. The normalized spacial score (nSPS) is 11.6. The van der Waals surface area contributed by atoms with Crippen LogP contribution in [0.2, 0.25) is 0 Å². The molecule has 3 heteroatoms. The van der Waals surface area contributed by atoms with Crippen LogP contribution in [0.15, 0.2) is 18.2 Å². The van der Waals surface area contributed by atoms with Gasteiger partial charge in [-0.25, -0.2) is 0 Å². The van der Waals surface area contributed by atoms with E-state index >= 15 is 0 Å². The van der Waals surface area contributed by atoms with Crippen LogP contribution in [-0.4, -0.2) is 11.7 Å². The number of anilines is 1. The van der Waals surface area contributed by atoms with Crippen molar-refractivity contribution in [3.63, 3.8) is 0 Å². The molecule has 96 valence electrons. The number of ether oxygens (including phenoxy) is 2. The van der Waals surface area contributed by atoms with Gasteiger partial charge in [-0.1, -0.05) is 13.0 Å². The molecule has 2 N–H and O–H groups in total. The molecular formula is C14H23NO2. The van der Waals surface area contributed by atoms with Crippen LogP contribution in [0.1, 0.15) is 41.0 Å². The minimum atomic E-state index is -0.218. The molecule has 0 saturated carbocycles. The summed E-state index contributed by atoms with van der Waals surface area (Å²) in [5.41, 5.74) is 6.40. The SMILES string of the molecule is CCC(C)(C)Oc1cccc(OC(C)C)c1N. The highest BCUT2D eigenvalue weighted by atomic mass is 16.5. The molecule has 17 heavy (non-hydrogen) atoms. The molecule has 3 nitrogen and oxygen atoms in total. The number of benzene rings is 1. The van der Waals surface area contributed by atoms with Gasteiger partial charge in [0.15, 0.2) is 0 Å². The number of para-hydroxylation sites is 1. The third-order valence-corrected chi connectivity index (χ3v) is 2.63. The third kappa shape index (κ3) is 3.84. The summed E-state index contributed by atoms with van der Waals surface area (Å²) in [7, 11) is 0. The van der Waals surface area contributed by atoms with E-state index in [0.717, 1.165) is 6.42 Å². The molecule has 0 fully saturated rings. The smallest absolute Gasteiger partial charge is 0.146 e. The van der Waals surface area contributed by atoms with Crippen molar-refractivity contribution in [3.05, 3.63) is 18.2 Å². The summed E-state index contributed by atoms with van der Waals surface area (Å²) in [5.74, 6) is 1.37. The Bertz CT molecular complexity index is 372. The molecule has 0 bridgehead atoms. The second-order valence-corrected chi connectivity index (χ2v) is 5.05. The summed E-state index contributed by atoms with van der Waals surface area (Å²) in [6.07, 6.45) is 1.02. The summed E-state index contributed by atoms with van der Waals surface area (Å²) in [6.45, 7) is 10.1. The Kier molecular flexibility index (Phi) is 4.27. The standard InChI is InChI=1S/C14H23NO2/c1-6-14(4,5)17-12-9-7-8-11(13(12)15)16-10(2)3/h7-10H,6,15H2,1-5H3. The molecule has 0 saturated heterocycles. The predicted octanol–water partition coefficient (Wildman–Crippen LogP) is 3.62. The molecular weight excluding hydrogens is 214 g/mol. The Balaban J connectivity index is 2.94. The maximum atomic E-state index is 6.04. The number of hydrogen-bond acceptors (Lipinski definition) is 3. The first-order valence-electron chi connectivity index (χ1n) is 6.10. The van der Waals surface area contributed by atoms with Gasteiger partial charge < -0.3 is 15.2 Å². The quantitative estimate of drug-likeness (QED) is 0.795. The first kappa shape index (κ1) is 13.7. The van der Waals surface area contributed by atoms with Crippen molar-refractivity contribution in [1.82, 2.24) is 0 Å². The zero-order valence-electron chi connectivity index (χ0n) is 11.4. The topological polar surface area (TPSA) is 44.5 Å². The van der Waals surface area contributed by atoms with Gasteiger partial charge in [0, 0.05) is 0 Å². The van der Waals surface area contributed by atoms with Gasteiger partial charge in [-0.15, -0.1) is 0 Å². The zero-order chi connectivity index (χ0) is 13.1. The maximum Gasteiger partial charge on any atom is 0.146 e. The first-order valence-corrected chi connectivity index (χ1v) is 6.10. The van der Waals surface area contributed by atoms with Crippen LogP contribution in [0.25, 0.3) is 0 Å². The second kappa shape index (κ2) is 5.30. The predicted molar refractivity (Wildman–Crippen MR) is 71.6 cm³/mol. The summed E-state index contributed by atoms with van der Waals surface area (Å²) < 4.78 is 11.5. The highest BCUT2D eigenvalue weighted by Crippen LogP contribution is 2.34. The molecule has 1 aromatic carbocycles. The average molecular weight is 237 g/mol. The lowest BCUT2D eigenvalue weighted by atomic mass is 10.1. The van der Waals surface area contributed by atoms with Gasteiger partial charge in [-0.3, -0.25) is 0 Å². The minimum absolute atomic E-state index is 0.103. The first-order chi connectivity index (χ1) is 7.85. The van der Waals surface area contributed by atoms with Gasteiger partial charge in [-0.05, 0) is 46.2 Å². The van der Waals surface area contributed by atoms with E-state index in [1.54, 1.807) is 0 Å². The lowest BCUT2D eigenvalue weighted by Gasteiger charge is -2.26. The Morgan fingerprint density at radius 1 is 1.24 bits per heavy atom. The number of rotatable bonds is 5. The molecule has 0 aliphatic carbocycles. The van der Waals surface area contributed by atoms with Crippen LogP contribution in [0.4, 0.5) is 5.69 Å². The van der Waals surface area contributed by atoms with Crippen LogP contribution in [0, 0.1) is 0 Å². The Hall–Kier alpha value is -1.38. The lowest BCUT2D eigenvalue weighted by Crippen LogP contribution is -2.27. The molecule has 0 spiro atoms. The van der Waals surface area contributed by atoms with Gasteiger partial charge in [-0.2, -0.15) is 0 Å². The Morgan fingerprint density at radius 2 is 1.82 bits per heavy atom. The van der Waals surface area contributed by atoms with Gasteiger partial charge >= 0.3 is 0 Å². The molecule has 0 heterocycles.